The summed E-state index contributed by atoms with van der Waals surface area (Å²) in [6, 6.07) is 15.5. The van der Waals surface area contributed by atoms with Crippen molar-refractivity contribution in [1.29, 1.82) is 0 Å². The first kappa shape index (κ1) is 25.2. The van der Waals surface area contributed by atoms with Crippen LogP contribution in [0.5, 0.6) is 0 Å². The zero-order chi connectivity index (χ0) is 25.6. The van der Waals surface area contributed by atoms with Gasteiger partial charge in [-0.25, -0.2) is 0 Å². The van der Waals surface area contributed by atoms with Gasteiger partial charge in [-0.3, -0.25) is 14.6 Å². The SMILES string of the molecule is O=C(Cc1cccnc1)N[C@@]1(C(=O)NCc2ccc(Nc3ccccc3C(F)(F)F)cc2)CCOC1. The molecule has 0 bridgehead atoms. The Morgan fingerprint density at radius 1 is 1.00 bits per heavy atom. The number of rotatable bonds is 8. The zero-order valence-electron chi connectivity index (χ0n) is 19.3. The molecule has 1 aliphatic heterocycles. The summed E-state index contributed by atoms with van der Waals surface area (Å²) in [7, 11) is 0. The maximum atomic E-state index is 13.2. The highest BCUT2D eigenvalue weighted by atomic mass is 19.4. The molecule has 0 unspecified atom stereocenters. The van der Waals surface area contributed by atoms with Gasteiger partial charge in [0.05, 0.1) is 24.3 Å². The number of carbonyl (C=O) groups is 2. The van der Waals surface area contributed by atoms with Crippen LogP contribution in [-0.4, -0.2) is 35.6 Å². The van der Waals surface area contributed by atoms with Crippen LogP contribution in [0.4, 0.5) is 24.5 Å². The fourth-order valence-corrected chi connectivity index (χ4v) is 3.95. The summed E-state index contributed by atoms with van der Waals surface area (Å²) < 4.78 is 45.1. The van der Waals surface area contributed by atoms with Crippen LogP contribution in [-0.2, 0) is 33.5 Å². The lowest BCUT2D eigenvalue weighted by molar-refractivity contribution is -0.137. The summed E-state index contributed by atoms with van der Waals surface area (Å²) in [5.74, 6) is -0.668. The smallest absolute Gasteiger partial charge is 0.378 e. The lowest BCUT2D eigenvalue weighted by Crippen LogP contribution is -2.59. The molecule has 188 valence electrons. The number of alkyl halides is 3. The minimum absolute atomic E-state index is 0.0451. The largest absolute Gasteiger partial charge is 0.418 e. The molecular formula is C26H25F3N4O3. The summed E-state index contributed by atoms with van der Waals surface area (Å²) in [5.41, 5.74) is -0.00983. The highest BCUT2D eigenvalue weighted by Gasteiger charge is 2.43. The van der Waals surface area contributed by atoms with Gasteiger partial charge in [0.1, 0.15) is 5.54 Å². The number of aromatic nitrogens is 1. The number of benzene rings is 2. The molecular weight excluding hydrogens is 473 g/mol. The van der Waals surface area contributed by atoms with E-state index in [2.05, 4.69) is 20.9 Å². The number of para-hydroxylation sites is 1. The van der Waals surface area contributed by atoms with Crippen LogP contribution in [0, 0.1) is 0 Å². The van der Waals surface area contributed by atoms with Crippen LogP contribution >= 0.6 is 0 Å². The Morgan fingerprint density at radius 2 is 1.78 bits per heavy atom. The molecule has 10 heteroatoms. The second-order valence-corrected chi connectivity index (χ2v) is 8.52. The van der Waals surface area contributed by atoms with E-state index in [9.17, 15) is 22.8 Å². The summed E-state index contributed by atoms with van der Waals surface area (Å²) in [5, 5.41) is 8.45. The highest BCUT2D eigenvalue weighted by Crippen LogP contribution is 2.35. The first-order valence-corrected chi connectivity index (χ1v) is 11.3. The van der Waals surface area contributed by atoms with Crippen LogP contribution in [0.25, 0.3) is 0 Å². The quantitative estimate of drug-likeness (QED) is 0.437. The van der Waals surface area contributed by atoms with Gasteiger partial charge in [-0.1, -0.05) is 30.3 Å². The molecule has 7 nitrogen and oxygen atoms in total. The first-order valence-electron chi connectivity index (χ1n) is 11.3. The molecule has 1 saturated heterocycles. The van der Waals surface area contributed by atoms with Gasteiger partial charge in [0.2, 0.25) is 11.8 Å². The third-order valence-corrected chi connectivity index (χ3v) is 5.84. The first-order chi connectivity index (χ1) is 17.2. The van der Waals surface area contributed by atoms with Crippen LogP contribution in [0.1, 0.15) is 23.1 Å². The normalized spacial score (nSPS) is 17.4. The van der Waals surface area contributed by atoms with Crippen LogP contribution < -0.4 is 16.0 Å². The van der Waals surface area contributed by atoms with E-state index in [-0.39, 0.29) is 37.1 Å². The third kappa shape index (κ3) is 6.19. The molecule has 0 spiro atoms. The fraction of sp³-hybridized carbons (Fsp3) is 0.269. The molecule has 1 aromatic heterocycles. The second-order valence-electron chi connectivity index (χ2n) is 8.52. The number of hydrogen-bond acceptors (Lipinski definition) is 5. The average Bonchev–Trinajstić information content (AvgIpc) is 3.33. The van der Waals surface area contributed by atoms with E-state index in [4.69, 9.17) is 4.74 Å². The molecule has 0 radical (unpaired) electrons. The molecule has 1 fully saturated rings. The van der Waals surface area contributed by atoms with Crippen molar-refractivity contribution in [3.05, 3.63) is 89.7 Å². The Labute approximate surface area is 206 Å². The standard InChI is InChI=1S/C26H25F3N4O3/c27-26(28,29)21-5-1-2-6-22(21)32-20-9-7-18(8-10-20)16-31-24(35)25(11-13-36-17-25)33-23(34)14-19-4-3-12-30-15-19/h1-10,12,15,32H,11,13-14,16-17H2,(H,31,35)(H,33,34)/t25-/m0/s1. The van der Waals surface area contributed by atoms with E-state index in [0.29, 0.717) is 18.7 Å². The zero-order valence-corrected chi connectivity index (χ0v) is 19.3. The van der Waals surface area contributed by atoms with E-state index in [0.717, 1.165) is 17.2 Å². The van der Waals surface area contributed by atoms with Gasteiger partial charge in [-0.15, -0.1) is 0 Å². The lowest BCUT2D eigenvalue weighted by Gasteiger charge is -2.27. The molecule has 3 aromatic rings. The molecule has 36 heavy (non-hydrogen) atoms. The maximum absolute atomic E-state index is 13.2. The average molecular weight is 499 g/mol. The number of anilines is 2. The van der Waals surface area contributed by atoms with E-state index < -0.39 is 17.3 Å². The van der Waals surface area contributed by atoms with Gasteiger partial charge in [0, 0.05) is 37.7 Å². The van der Waals surface area contributed by atoms with Gasteiger partial charge in [-0.05, 0) is 41.5 Å². The van der Waals surface area contributed by atoms with Crippen molar-refractivity contribution in [3.63, 3.8) is 0 Å². The summed E-state index contributed by atoms with van der Waals surface area (Å²) in [4.78, 5) is 29.6. The number of carbonyl (C=O) groups excluding carboxylic acids is 2. The Morgan fingerprint density at radius 3 is 2.44 bits per heavy atom. The molecule has 2 amide bonds. The van der Waals surface area contributed by atoms with Gasteiger partial charge in [0.15, 0.2) is 0 Å². The van der Waals surface area contributed by atoms with E-state index in [1.165, 1.54) is 18.2 Å². The number of halogens is 3. The summed E-state index contributed by atoms with van der Waals surface area (Å²) in [6.45, 7) is 0.595. The number of nitrogens with zero attached hydrogens (tertiary/aromatic N) is 1. The minimum Gasteiger partial charge on any atom is -0.378 e. The number of hydrogen-bond donors (Lipinski definition) is 3. The van der Waals surface area contributed by atoms with E-state index in [1.54, 1.807) is 48.8 Å². The van der Waals surface area contributed by atoms with E-state index >= 15 is 0 Å². The molecule has 4 rings (SSSR count). The summed E-state index contributed by atoms with van der Waals surface area (Å²) in [6.07, 6.45) is -0.822. The van der Waals surface area contributed by atoms with Crippen LogP contribution in [0.2, 0.25) is 0 Å². The third-order valence-electron chi connectivity index (χ3n) is 5.84. The van der Waals surface area contributed by atoms with Crippen LogP contribution in [0.15, 0.2) is 73.1 Å². The molecule has 0 saturated carbocycles. The number of pyridine rings is 1. The number of nitrogens with one attached hydrogen (secondary N) is 3. The van der Waals surface area contributed by atoms with Crippen molar-refractivity contribution >= 4 is 23.2 Å². The molecule has 2 aromatic carbocycles. The Balaban J connectivity index is 1.36. The molecule has 1 atom stereocenters. The van der Waals surface area contributed by atoms with Crippen molar-refractivity contribution < 1.29 is 27.5 Å². The van der Waals surface area contributed by atoms with Gasteiger partial charge >= 0.3 is 6.18 Å². The molecule has 3 N–H and O–H groups in total. The summed E-state index contributed by atoms with van der Waals surface area (Å²) >= 11 is 0. The van der Waals surface area contributed by atoms with Crippen molar-refractivity contribution in [3.8, 4) is 0 Å². The van der Waals surface area contributed by atoms with Crippen molar-refractivity contribution in [1.82, 2.24) is 15.6 Å². The number of ether oxygens (including phenoxy) is 1. The monoisotopic (exact) mass is 498 g/mol. The topological polar surface area (TPSA) is 92.4 Å². The lowest BCUT2D eigenvalue weighted by atomic mass is 9.96. The highest BCUT2D eigenvalue weighted by molar-refractivity contribution is 5.92. The molecule has 2 heterocycles. The van der Waals surface area contributed by atoms with Crippen molar-refractivity contribution in [2.24, 2.45) is 0 Å². The Hall–Kier alpha value is -3.92. The number of amides is 2. The minimum atomic E-state index is -4.47. The Kier molecular flexibility index (Phi) is 7.54. The Bertz CT molecular complexity index is 1200. The van der Waals surface area contributed by atoms with E-state index in [1.807, 2.05) is 0 Å². The van der Waals surface area contributed by atoms with Crippen molar-refractivity contribution in [2.45, 2.75) is 31.1 Å². The van der Waals surface area contributed by atoms with Gasteiger partial charge < -0.3 is 20.7 Å². The second kappa shape index (κ2) is 10.8. The van der Waals surface area contributed by atoms with Gasteiger partial charge in [0.25, 0.3) is 0 Å². The van der Waals surface area contributed by atoms with Crippen LogP contribution in [0.3, 0.4) is 0 Å². The van der Waals surface area contributed by atoms with Gasteiger partial charge in [-0.2, -0.15) is 13.2 Å². The predicted molar refractivity (Wildman–Crippen MR) is 127 cm³/mol. The molecule has 0 aliphatic carbocycles. The maximum Gasteiger partial charge on any atom is 0.418 e. The molecule has 1 aliphatic rings. The van der Waals surface area contributed by atoms with Crippen molar-refractivity contribution in [2.75, 3.05) is 18.5 Å². The predicted octanol–water partition coefficient (Wildman–Crippen LogP) is 3.98. The fourth-order valence-electron chi connectivity index (χ4n) is 3.95.